The first kappa shape index (κ1) is 15.6. The summed E-state index contributed by atoms with van der Waals surface area (Å²) in [6.45, 7) is 2.07. The third-order valence-electron chi connectivity index (χ3n) is 3.94. The maximum absolute atomic E-state index is 11.7. The van der Waals surface area contributed by atoms with Crippen LogP contribution in [0.1, 0.15) is 11.1 Å². The first-order valence-corrected chi connectivity index (χ1v) is 8.34. The Hall–Kier alpha value is -2.27. The van der Waals surface area contributed by atoms with Crippen molar-refractivity contribution in [3.05, 3.63) is 53.6 Å². The summed E-state index contributed by atoms with van der Waals surface area (Å²) < 4.78 is 0. The van der Waals surface area contributed by atoms with E-state index in [1.165, 1.54) is 5.56 Å². The van der Waals surface area contributed by atoms with Crippen molar-refractivity contribution in [2.24, 2.45) is 0 Å². The van der Waals surface area contributed by atoms with E-state index in [0.717, 1.165) is 34.1 Å². The first-order chi connectivity index (χ1) is 11.1. The molecule has 118 valence electrons. The molecule has 0 spiro atoms. The minimum absolute atomic E-state index is 0.191. The molecule has 2 N–H and O–H groups in total. The normalized spacial score (nSPS) is 17.2. The molecule has 3 rings (SSSR count). The van der Waals surface area contributed by atoms with E-state index in [-0.39, 0.29) is 16.4 Å². The Morgan fingerprint density at radius 1 is 1.17 bits per heavy atom. The molecule has 0 aromatic heterocycles. The van der Waals surface area contributed by atoms with Gasteiger partial charge in [0.05, 0.1) is 5.25 Å². The Bertz CT molecular complexity index is 773. The van der Waals surface area contributed by atoms with Crippen LogP contribution in [0.25, 0.3) is 11.1 Å². The van der Waals surface area contributed by atoms with Crippen LogP contribution in [0.5, 0.6) is 0 Å². The molecule has 0 radical (unpaired) electrons. The van der Waals surface area contributed by atoms with Gasteiger partial charge in [0.25, 0.3) is 5.24 Å². The standard InChI is InChI=1S/C18H18N2O2S/c1-11-8-12(9-16-17(21)20-18(22)23-16)6-7-15(11)13-4-3-5-14(10-13)19-2/h3-8,10,16,19H,9H2,1-2H3,(H,20,21,22). The van der Waals surface area contributed by atoms with Gasteiger partial charge < -0.3 is 5.32 Å². The van der Waals surface area contributed by atoms with Gasteiger partial charge in [0.15, 0.2) is 0 Å². The number of hydrogen-bond donors (Lipinski definition) is 2. The van der Waals surface area contributed by atoms with Crippen LogP contribution in [-0.2, 0) is 11.2 Å². The van der Waals surface area contributed by atoms with Crippen LogP contribution < -0.4 is 10.6 Å². The summed E-state index contributed by atoms with van der Waals surface area (Å²) in [5.41, 5.74) is 5.63. The summed E-state index contributed by atoms with van der Waals surface area (Å²) >= 11 is 1.07. The first-order valence-electron chi connectivity index (χ1n) is 7.46. The number of rotatable bonds is 4. The molecule has 5 heteroatoms. The highest BCUT2D eigenvalue weighted by Gasteiger charge is 2.31. The highest BCUT2D eigenvalue weighted by molar-refractivity contribution is 8.15. The van der Waals surface area contributed by atoms with Crippen LogP contribution in [-0.4, -0.2) is 23.4 Å². The quantitative estimate of drug-likeness (QED) is 0.901. The van der Waals surface area contributed by atoms with Crippen molar-refractivity contribution in [2.75, 3.05) is 12.4 Å². The second-order valence-corrected chi connectivity index (χ2v) is 6.74. The maximum Gasteiger partial charge on any atom is 0.286 e. The molecule has 0 aliphatic carbocycles. The van der Waals surface area contributed by atoms with Crippen molar-refractivity contribution in [3.63, 3.8) is 0 Å². The molecule has 1 unspecified atom stereocenters. The molecule has 2 aromatic carbocycles. The number of imide groups is 1. The number of amides is 2. The van der Waals surface area contributed by atoms with E-state index < -0.39 is 0 Å². The molecular formula is C18H18N2O2S. The fourth-order valence-electron chi connectivity index (χ4n) is 2.76. The second-order valence-electron chi connectivity index (χ2n) is 5.57. The average Bonchev–Trinajstić information content (AvgIpc) is 2.85. The third-order valence-corrected chi connectivity index (χ3v) is 4.92. The highest BCUT2D eigenvalue weighted by Crippen LogP contribution is 2.28. The number of benzene rings is 2. The van der Waals surface area contributed by atoms with Crippen LogP contribution in [0.2, 0.25) is 0 Å². The van der Waals surface area contributed by atoms with Gasteiger partial charge in [-0.3, -0.25) is 14.9 Å². The lowest BCUT2D eigenvalue weighted by Crippen LogP contribution is -2.25. The van der Waals surface area contributed by atoms with Crippen LogP contribution in [0.15, 0.2) is 42.5 Å². The minimum Gasteiger partial charge on any atom is -0.388 e. The van der Waals surface area contributed by atoms with Crippen LogP contribution in [0.3, 0.4) is 0 Å². The number of hydrogen-bond acceptors (Lipinski definition) is 4. The summed E-state index contributed by atoms with van der Waals surface area (Å²) in [5.74, 6) is -0.191. The summed E-state index contributed by atoms with van der Waals surface area (Å²) in [7, 11) is 1.90. The lowest BCUT2D eigenvalue weighted by Gasteiger charge is -2.11. The Morgan fingerprint density at radius 2 is 2.00 bits per heavy atom. The summed E-state index contributed by atoms with van der Waals surface area (Å²) in [6.07, 6.45) is 0.569. The van der Waals surface area contributed by atoms with E-state index in [1.54, 1.807) is 0 Å². The predicted molar refractivity (Wildman–Crippen MR) is 94.8 cm³/mol. The summed E-state index contributed by atoms with van der Waals surface area (Å²) in [6, 6.07) is 14.5. The van der Waals surface area contributed by atoms with Crippen LogP contribution in [0, 0.1) is 6.92 Å². The van der Waals surface area contributed by atoms with Gasteiger partial charge in [-0.1, -0.05) is 42.1 Å². The molecule has 2 amide bonds. The molecule has 1 atom stereocenters. The van der Waals surface area contributed by atoms with E-state index in [2.05, 4.69) is 41.8 Å². The zero-order valence-corrected chi connectivity index (χ0v) is 13.9. The summed E-state index contributed by atoms with van der Waals surface area (Å²) in [5, 5.41) is 4.90. The van der Waals surface area contributed by atoms with Gasteiger partial charge in [-0.15, -0.1) is 0 Å². The van der Waals surface area contributed by atoms with Crippen LogP contribution >= 0.6 is 11.8 Å². The lowest BCUT2D eigenvalue weighted by atomic mass is 9.96. The van der Waals surface area contributed by atoms with E-state index in [4.69, 9.17) is 0 Å². The van der Waals surface area contributed by atoms with E-state index in [1.807, 2.05) is 25.2 Å². The summed E-state index contributed by atoms with van der Waals surface area (Å²) in [4.78, 5) is 22.9. The molecule has 1 aliphatic heterocycles. The van der Waals surface area contributed by atoms with Gasteiger partial charge >= 0.3 is 0 Å². The van der Waals surface area contributed by atoms with Crippen molar-refractivity contribution < 1.29 is 9.59 Å². The number of thioether (sulfide) groups is 1. The predicted octanol–water partition coefficient (Wildman–Crippen LogP) is 3.60. The van der Waals surface area contributed by atoms with Gasteiger partial charge in [-0.2, -0.15) is 0 Å². The van der Waals surface area contributed by atoms with Gasteiger partial charge in [-0.05, 0) is 47.7 Å². The van der Waals surface area contributed by atoms with E-state index >= 15 is 0 Å². The molecule has 0 saturated carbocycles. The zero-order valence-electron chi connectivity index (χ0n) is 13.1. The Balaban J connectivity index is 1.83. The Morgan fingerprint density at radius 3 is 2.65 bits per heavy atom. The molecule has 2 aromatic rings. The number of carbonyl (C=O) groups excluding carboxylic acids is 2. The largest absolute Gasteiger partial charge is 0.388 e. The Kier molecular flexibility index (Phi) is 4.39. The molecule has 1 heterocycles. The van der Waals surface area contributed by atoms with Gasteiger partial charge in [-0.25, -0.2) is 0 Å². The van der Waals surface area contributed by atoms with Gasteiger partial charge in [0, 0.05) is 12.7 Å². The molecule has 1 aliphatic rings. The molecular weight excluding hydrogens is 308 g/mol. The average molecular weight is 326 g/mol. The van der Waals surface area contributed by atoms with Gasteiger partial charge in [0.1, 0.15) is 0 Å². The third kappa shape index (κ3) is 3.40. The number of carbonyl (C=O) groups is 2. The fraction of sp³-hybridized carbons (Fsp3) is 0.222. The topological polar surface area (TPSA) is 58.2 Å². The zero-order chi connectivity index (χ0) is 16.4. The van der Waals surface area contributed by atoms with E-state index in [9.17, 15) is 9.59 Å². The highest BCUT2D eigenvalue weighted by atomic mass is 32.2. The molecule has 4 nitrogen and oxygen atoms in total. The number of anilines is 1. The number of nitrogens with one attached hydrogen (secondary N) is 2. The fourth-order valence-corrected chi connectivity index (χ4v) is 3.62. The van der Waals surface area contributed by atoms with Crippen molar-refractivity contribution in [1.82, 2.24) is 5.32 Å². The van der Waals surface area contributed by atoms with Crippen LogP contribution in [0.4, 0.5) is 10.5 Å². The minimum atomic E-state index is -0.319. The van der Waals surface area contributed by atoms with Crippen molar-refractivity contribution >= 4 is 28.6 Å². The lowest BCUT2D eigenvalue weighted by molar-refractivity contribution is -0.118. The SMILES string of the molecule is CNc1cccc(-c2ccc(CC3SC(=O)NC3=O)cc2C)c1. The maximum atomic E-state index is 11.7. The molecule has 23 heavy (non-hydrogen) atoms. The van der Waals surface area contributed by atoms with Crippen molar-refractivity contribution in [1.29, 1.82) is 0 Å². The molecule has 1 saturated heterocycles. The van der Waals surface area contributed by atoms with E-state index in [0.29, 0.717) is 6.42 Å². The van der Waals surface area contributed by atoms with Gasteiger partial charge in [0.2, 0.25) is 5.91 Å². The Labute approximate surface area is 139 Å². The molecule has 0 bridgehead atoms. The van der Waals surface area contributed by atoms with Crippen molar-refractivity contribution in [3.8, 4) is 11.1 Å². The monoisotopic (exact) mass is 326 g/mol. The van der Waals surface area contributed by atoms with Crippen molar-refractivity contribution in [2.45, 2.75) is 18.6 Å². The second kappa shape index (κ2) is 6.46. The smallest absolute Gasteiger partial charge is 0.286 e. The number of aryl methyl sites for hydroxylation is 1. The molecule has 1 fully saturated rings.